The summed E-state index contributed by atoms with van der Waals surface area (Å²) in [7, 11) is 0. The van der Waals surface area contributed by atoms with Gasteiger partial charge in [0.05, 0.1) is 12.1 Å². The van der Waals surface area contributed by atoms with E-state index in [1.807, 2.05) is 0 Å². The van der Waals surface area contributed by atoms with Crippen LogP contribution < -0.4 is 4.90 Å². The highest BCUT2D eigenvalue weighted by molar-refractivity contribution is 5.58. The summed E-state index contributed by atoms with van der Waals surface area (Å²) in [6.45, 7) is 1.08. The lowest BCUT2D eigenvalue weighted by atomic mass is 10.1. The lowest BCUT2D eigenvalue weighted by Gasteiger charge is -2.29. The molecule has 2 heteroatoms. The Morgan fingerprint density at radius 3 is 2.87 bits per heavy atom. The van der Waals surface area contributed by atoms with Gasteiger partial charge < -0.3 is 10.0 Å². The Morgan fingerprint density at radius 1 is 1.20 bits per heavy atom. The average molecular weight is 203 g/mol. The van der Waals surface area contributed by atoms with Gasteiger partial charge in [-0.05, 0) is 37.3 Å². The van der Waals surface area contributed by atoms with Crippen LogP contribution in [0.2, 0.25) is 0 Å². The summed E-state index contributed by atoms with van der Waals surface area (Å²) < 4.78 is 0. The van der Waals surface area contributed by atoms with E-state index in [1.54, 1.807) is 0 Å². The Bertz CT molecular complexity index is 363. The van der Waals surface area contributed by atoms with Gasteiger partial charge in [-0.15, -0.1) is 0 Å². The fourth-order valence-corrected chi connectivity index (χ4v) is 2.99. The second-order valence-electron chi connectivity index (χ2n) is 4.64. The molecule has 0 saturated heterocycles. The summed E-state index contributed by atoms with van der Waals surface area (Å²) in [5.74, 6) is 0. The fourth-order valence-electron chi connectivity index (χ4n) is 2.99. The molecule has 2 atom stereocenters. The molecule has 0 aromatic heterocycles. The number of hydrogen-bond acceptors (Lipinski definition) is 2. The van der Waals surface area contributed by atoms with Crippen LogP contribution in [0.15, 0.2) is 24.3 Å². The van der Waals surface area contributed by atoms with E-state index in [9.17, 15) is 5.11 Å². The van der Waals surface area contributed by atoms with E-state index in [0.29, 0.717) is 6.04 Å². The topological polar surface area (TPSA) is 23.5 Å². The number of aliphatic hydroxyl groups is 1. The van der Waals surface area contributed by atoms with Crippen molar-refractivity contribution in [2.45, 2.75) is 37.8 Å². The van der Waals surface area contributed by atoms with Crippen LogP contribution >= 0.6 is 0 Å². The van der Waals surface area contributed by atoms with Gasteiger partial charge in [0.25, 0.3) is 0 Å². The number of nitrogens with zero attached hydrogens (tertiary/aromatic N) is 1. The minimum Gasteiger partial charge on any atom is -0.391 e. The largest absolute Gasteiger partial charge is 0.391 e. The first-order chi connectivity index (χ1) is 7.36. The molecule has 3 rings (SSSR count). The zero-order valence-electron chi connectivity index (χ0n) is 8.89. The van der Waals surface area contributed by atoms with E-state index in [-0.39, 0.29) is 6.10 Å². The Kier molecular flexibility index (Phi) is 2.17. The van der Waals surface area contributed by atoms with Crippen LogP contribution in [0.5, 0.6) is 0 Å². The predicted octanol–water partition coefficient (Wildman–Crippen LogP) is 1.96. The van der Waals surface area contributed by atoms with Crippen LogP contribution in [0.25, 0.3) is 0 Å². The summed E-state index contributed by atoms with van der Waals surface area (Å²) in [4.78, 5) is 2.41. The number of anilines is 1. The number of rotatable bonds is 1. The first-order valence-electron chi connectivity index (χ1n) is 5.89. The second kappa shape index (κ2) is 3.53. The highest BCUT2D eigenvalue weighted by Crippen LogP contribution is 2.34. The Balaban J connectivity index is 1.90. The average Bonchev–Trinajstić information content (AvgIpc) is 2.83. The van der Waals surface area contributed by atoms with Gasteiger partial charge in [0.2, 0.25) is 0 Å². The van der Waals surface area contributed by atoms with E-state index in [1.165, 1.54) is 17.7 Å². The first kappa shape index (κ1) is 9.22. The Morgan fingerprint density at radius 2 is 2.07 bits per heavy atom. The molecule has 15 heavy (non-hydrogen) atoms. The van der Waals surface area contributed by atoms with Gasteiger partial charge in [0.15, 0.2) is 0 Å². The molecular weight excluding hydrogens is 186 g/mol. The molecule has 0 unspecified atom stereocenters. The molecule has 0 spiro atoms. The number of hydrogen-bond donors (Lipinski definition) is 1. The van der Waals surface area contributed by atoms with Crippen LogP contribution in [-0.2, 0) is 6.42 Å². The molecule has 0 radical (unpaired) electrons. The van der Waals surface area contributed by atoms with Crippen molar-refractivity contribution < 1.29 is 5.11 Å². The third kappa shape index (κ3) is 1.44. The van der Waals surface area contributed by atoms with Crippen LogP contribution in [0.3, 0.4) is 0 Å². The number of para-hydroxylation sites is 1. The van der Waals surface area contributed by atoms with Crippen LogP contribution in [0.4, 0.5) is 5.69 Å². The Labute approximate surface area is 90.5 Å². The summed E-state index contributed by atoms with van der Waals surface area (Å²) in [5.41, 5.74) is 2.79. The third-order valence-corrected chi connectivity index (χ3v) is 3.77. The maximum absolute atomic E-state index is 9.93. The van der Waals surface area contributed by atoms with Crippen molar-refractivity contribution in [1.29, 1.82) is 0 Å². The van der Waals surface area contributed by atoms with E-state index < -0.39 is 0 Å². The molecule has 1 aromatic carbocycles. The Hall–Kier alpha value is -1.02. The van der Waals surface area contributed by atoms with Crippen LogP contribution in [0, 0.1) is 0 Å². The third-order valence-electron chi connectivity index (χ3n) is 3.77. The lowest BCUT2D eigenvalue weighted by Crippen LogP contribution is -2.39. The van der Waals surface area contributed by atoms with E-state index in [4.69, 9.17) is 0 Å². The van der Waals surface area contributed by atoms with Crippen molar-refractivity contribution in [1.82, 2.24) is 0 Å². The summed E-state index contributed by atoms with van der Waals surface area (Å²) in [6, 6.07) is 8.96. The van der Waals surface area contributed by atoms with Gasteiger partial charge >= 0.3 is 0 Å². The smallest absolute Gasteiger partial charge is 0.0743 e. The summed E-state index contributed by atoms with van der Waals surface area (Å²) in [6.07, 6.45) is 4.32. The van der Waals surface area contributed by atoms with E-state index >= 15 is 0 Å². The number of aliphatic hydroxyl groups excluding tert-OH is 1. The first-order valence-corrected chi connectivity index (χ1v) is 5.89. The van der Waals surface area contributed by atoms with E-state index in [0.717, 1.165) is 25.8 Å². The maximum Gasteiger partial charge on any atom is 0.0743 e. The molecule has 1 aliphatic heterocycles. The van der Waals surface area contributed by atoms with E-state index in [2.05, 4.69) is 29.2 Å². The van der Waals surface area contributed by atoms with Gasteiger partial charge in [-0.3, -0.25) is 0 Å². The fraction of sp³-hybridized carbons (Fsp3) is 0.538. The van der Waals surface area contributed by atoms with Gasteiger partial charge in [-0.2, -0.15) is 0 Å². The van der Waals surface area contributed by atoms with Gasteiger partial charge in [-0.25, -0.2) is 0 Å². The molecule has 1 fully saturated rings. The molecule has 2 aliphatic rings. The van der Waals surface area contributed by atoms with Crippen LogP contribution in [-0.4, -0.2) is 23.8 Å². The molecular formula is C13H17NO. The van der Waals surface area contributed by atoms with Gasteiger partial charge in [0, 0.05) is 12.2 Å². The van der Waals surface area contributed by atoms with Crippen LogP contribution in [0.1, 0.15) is 24.8 Å². The maximum atomic E-state index is 9.93. The molecule has 2 nitrogen and oxygen atoms in total. The molecule has 80 valence electrons. The molecule has 1 aliphatic carbocycles. The minimum atomic E-state index is -0.115. The summed E-state index contributed by atoms with van der Waals surface area (Å²) in [5, 5.41) is 9.93. The number of benzene rings is 1. The standard InChI is InChI=1S/C13H17NO/c15-13-7-3-6-12(13)14-9-8-10-4-1-2-5-11(10)14/h1-2,4-5,12-13,15H,3,6-9H2/t12-,13-/m0/s1. The van der Waals surface area contributed by atoms with Crippen molar-refractivity contribution in [3.8, 4) is 0 Å². The molecule has 1 aromatic rings. The zero-order valence-corrected chi connectivity index (χ0v) is 8.89. The van der Waals surface area contributed by atoms with Gasteiger partial charge in [0.1, 0.15) is 0 Å². The summed E-state index contributed by atoms with van der Waals surface area (Å²) >= 11 is 0. The van der Waals surface area contributed by atoms with Crippen molar-refractivity contribution in [3.63, 3.8) is 0 Å². The normalized spacial score (nSPS) is 29.5. The highest BCUT2D eigenvalue weighted by Gasteiger charge is 2.33. The number of fused-ring (bicyclic) bond motifs is 1. The monoisotopic (exact) mass is 203 g/mol. The molecule has 1 saturated carbocycles. The van der Waals surface area contributed by atoms with Crippen molar-refractivity contribution in [3.05, 3.63) is 29.8 Å². The minimum absolute atomic E-state index is 0.115. The quantitative estimate of drug-likeness (QED) is 0.754. The lowest BCUT2D eigenvalue weighted by molar-refractivity contribution is 0.161. The second-order valence-corrected chi connectivity index (χ2v) is 4.64. The van der Waals surface area contributed by atoms with Crippen molar-refractivity contribution in [2.24, 2.45) is 0 Å². The molecule has 0 bridgehead atoms. The predicted molar refractivity (Wildman–Crippen MR) is 61.1 cm³/mol. The molecule has 0 amide bonds. The SMILES string of the molecule is O[C@H]1CCC[C@@H]1N1CCc2ccccc21. The highest BCUT2D eigenvalue weighted by atomic mass is 16.3. The molecule has 1 heterocycles. The van der Waals surface area contributed by atoms with Gasteiger partial charge in [-0.1, -0.05) is 18.2 Å². The van der Waals surface area contributed by atoms with Crippen molar-refractivity contribution >= 4 is 5.69 Å². The van der Waals surface area contributed by atoms with Crippen molar-refractivity contribution in [2.75, 3.05) is 11.4 Å². The molecule has 1 N–H and O–H groups in total. The zero-order chi connectivity index (χ0) is 10.3.